The molecule has 1 unspecified atom stereocenters. The molecule has 0 heterocycles. The summed E-state index contributed by atoms with van der Waals surface area (Å²) in [5.41, 5.74) is 0.888. The number of halogens is 2. The highest BCUT2D eigenvalue weighted by Crippen LogP contribution is 2.26. The van der Waals surface area contributed by atoms with Gasteiger partial charge in [0, 0.05) is 28.5 Å². The van der Waals surface area contributed by atoms with Crippen LogP contribution in [0.4, 0.5) is 0 Å². The molecule has 0 radical (unpaired) electrons. The summed E-state index contributed by atoms with van der Waals surface area (Å²) in [4.78, 5) is 11.9. The maximum atomic E-state index is 11.9. The maximum absolute atomic E-state index is 11.9. The van der Waals surface area contributed by atoms with Gasteiger partial charge >= 0.3 is 0 Å². The van der Waals surface area contributed by atoms with Crippen molar-refractivity contribution in [3.8, 4) is 0 Å². The van der Waals surface area contributed by atoms with Crippen molar-refractivity contribution in [3.05, 3.63) is 33.8 Å². The molecule has 2 N–H and O–H groups in total. The van der Waals surface area contributed by atoms with Gasteiger partial charge in [-0.25, -0.2) is 0 Å². The number of hydrogen-bond acceptors (Lipinski definition) is 2. The second-order valence-corrected chi connectivity index (χ2v) is 6.73. The first-order chi connectivity index (χ1) is 9.19. The van der Waals surface area contributed by atoms with E-state index in [0.29, 0.717) is 23.0 Å². The predicted molar refractivity (Wildman–Crippen MR) is 85.4 cm³/mol. The summed E-state index contributed by atoms with van der Waals surface area (Å²) in [6, 6.07) is 5.15. The lowest BCUT2D eigenvalue weighted by Gasteiger charge is -2.21. The Balaban J connectivity index is 2.49. The van der Waals surface area contributed by atoms with Gasteiger partial charge in [0.1, 0.15) is 0 Å². The second-order valence-electron chi connectivity index (χ2n) is 5.88. The van der Waals surface area contributed by atoms with Crippen LogP contribution >= 0.6 is 23.2 Å². The molecule has 0 aliphatic carbocycles. The Morgan fingerprint density at radius 1 is 1.30 bits per heavy atom. The minimum absolute atomic E-state index is 0.000247. The summed E-state index contributed by atoms with van der Waals surface area (Å²) in [5.74, 6) is 0.000247. The Morgan fingerprint density at radius 2 is 1.95 bits per heavy atom. The van der Waals surface area contributed by atoms with Crippen LogP contribution in [0.2, 0.25) is 10.0 Å². The van der Waals surface area contributed by atoms with Gasteiger partial charge in [-0.1, -0.05) is 29.3 Å². The third kappa shape index (κ3) is 6.12. The van der Waals surface area contributed by atoms with E-state index in [9.17, 15) is 4.79 Å². The highest BCUT2D eigenvalue weighted by Gasteiger charge is 2.14. The Bertz CT molecular complexity index is 469. The van der Waals surface area contributed by atoms with Crippen molar-refractivity contribution in [2.45, 2.75) is 45.7 Å². The topological polar surface area (TPSA) is 41.1 Å². The Labute approximate surface area is 131 Å². The van der Waals surface area contributed by atoms with E-state index >= 15 is 0 Å². The van der Waals surface area contributed by atoms with Gasteiger partial charge in [-0.05, 0) is 45.4 Å². The van der Waals surface area contributed by atoms with Gasteiger partial charge in [0.2, 0.25) is 5.91 Å². The molecule has 0 bridgehead atoms. The van der Waals surface area contributed by atoms with Gasteiger partial charge in [-0.2, -0.15) is 0 Å². The average molecular weight is 317 g/mol. The lowest BCUT2D eigenvalue weighted by molar-refractivity contribution is -0.121. The van der Waals surface area contributed by atoms with Crippen molar-refractivity contribution in [1.29, 1.82) is 0 Å². The lowest BCUT2D eigenvalue weighted by Crippen LogP contribution is -2.38. The van der Waals surface area contributed by atoms with Crippen LogP contribution in [0.15, 0.2) is 18.2 Å². The molecule has 112 valence electrons. The summed E-state index contributed by atoms with van der Waals surface area (Å²) >= 11 is 12.0. The number of rotatable bonds is 5. The van der Waals surface area contributed by atoms with Gasteiger partial charge in [0.05, 0.1) is 6.04 Å². The van der Waals surface area contributed by atoms with Gasteiger partial charge in [-0.3, -0.25) is 4.79 Å². The summed E-state index contributed by atoms with van der Waals surface area (Å²) in [7, 11) is 0. The van der Waals surface area contributed by atoms with Gasteiger partial charge < -0.3 is 10.6 Å². The molecule has 1 aromatic carbocycles. The number of carbonyl (C=O) groups is 1. The minimum atomic E-state index is -0.137. The molecular weight excluding hydrogens is 295 g/mol. The number of carbonyl (C=O) groups excluding carboxylic acids is 1. The highest BCUT2D eigenvalue weighted by molar-refractivity contribution is 6.35. The zero-order chi connectivity index (χ0) is 15.3. The summed E-state index contributed by atoms with van der Waals surface area (Å²) < 4.78 is 0. The molecule has 1 atom stereocenters. The molecule has 5 heteroatoms. The van der Waals surface area contributed by atoms with Gasteiger partial charge in [0.25, 0.3) is 0 Å². The van der Waals surface area contributed by atoms with Crippen LogP contribution < -0.4 is 10.6 Å². The second kappa shape index (κ2) is 7.30. The van der Waals surface area contributed by atoms with Crippen LogP contribution in [0.25, 0.3) is 0 Å². The number of nitrogens with one attached hydrogen (secondary N) is 2. The van der Waals surface area contributed by atoms with E-state index in [0.717, 1.165) is 5.56 Å². The first kappa shape index (κ1) is 17.3. The molecule has 0 aliphatic heterocycles. The number of amides is 1. The molecule has 1 aromatic rings. The molecule has 0 saturated carbocycles. The van der Waals surface area contributed by atoms with E-state index in [4.69, 9.17) is 23.2 Å². The maximum Gasteiger partial charge on any atom is 0.221 e. The fraction of sp³-hybridized carbons (Fsp3) is 0.533. The quantitative estimate of drug-likeness (QED) is 0.863. The van der Waals surface area contributed by atoms with Crippen molar-refractivity contribution in [1.82, 2.24) is 10.6 Å². The van der Waals surface area contributed by atoms with Gasteiger partial charge in [-0.15, -0.1) is 0 Å². The van der Waals surface area contributed by atoms with Crippen LogP contribution in [0.5, 0.6) is 0 Å². The average Bonchev–Trinajstić information content (AvgIpc) is 2.26. The Morgan fingerprint density at radius 3 is 2.50 bits per heavy atom. The molecule has 20 heavy (non-hydrogen) atoms. The molecule has 0 saturated heterocycles. The Kier molecular flexibility index (Phi) is 6.31. The third-order valence-electron chi connectivity index (χ3n) is 2.81. The normalized spacial score (nSPS) is 13.1. The van der Waals surface area contributed by atoms with Crippen LogP contribution in [0.3, 0.4) is 0 Å². The molecule has 1 amide bonds. The van der Waals surface area contributed by atoms with Crippen molar-refractivity contribution in [2.24, 2.45) is 0 Å². The smallest absolute Gasteiger partial charge is 0.221 e. The Hall–Kier alpha value is -0.770. The summed E-state index contributed by atoms with van der Waals surface area (Å²) in [6.07, 6.45) is 0.437. The van der Waals surface area contributed by atoms with E-state index < -0.39 is 0 Å². The van der Waals surface area contributed by atoms with Crippen LogP contribution in [-0.2, 0) is 4.79 Å². The van der Waals surface area contributed by atoms with Crippen molar-refractivity contribution >= 4 is 29.1 Å². The van der Waals surface area contributed by atoms with Crippen LogP contribution in [-0.4, -0.2) is 18.0 Å². The fourth-order valence-corrected chi connectivity index (χ4v) is 2.37. The standard InChI is InChI=1S/C15H22Cl2N2O/c1-10(12-6-5-11(16)9-13(12)17)19-14(20)7-8-18-15(2,3)4/h5-6,9-10,18H,7-8H2,1-4H3,(H,19,20). The minimum Gasteiger partial charge on any atom is -0.349 e. The van der Waals surface area contributed by atoms with Crippen LogP contribution in [0, 0.1) is 0 Å². The number of hydrogen-bond donors (Lipinski definition) is 2. The monoisotopic (exact) mass is 316 g/mol. The molecule has 0 spiro atoms. The predicted octanol–water partition coefficient (Wildman–Crippen LogP) is 3.95. The van der Waals surface area contributed by atoms with E-state index in [-0.39, 0.29) is 17.5 Å². The molecular formula is C15H22Cl2N2O. The van der Waals surface area contributed by atoms with Crippen LogP contribution in [0.1, 0.15) is 45.7 Å². The molecule has 1 rings (SSSR count). The van der Waals surface area contributed by atoms with E-state index in [2.05, 4.69) is 31.4 Å². The number of benzene rings is 1. The highest BCUT2D eigenvalue weighted by atomic mass is 35.5. The SMILES string of the molecule is CC(NC(=O)CCNC(C)(C)C)c1ccc(Cl)cc1Cl. The lowest BCUT2D eigenvalue weighted by atomic mass is 10.1. The summed E-state index contributed by atoms with van der Waals surface area (Å²) in [5, 5.41) is 7.37. The zero-order valence-electron chi connectivity index (χ0n) is 12.4. The van der Waals surface area contributed by atoms with E-state index in [1.165, 1.54) is 0 Å². The fourth-order valence-electron chi connectivity index (χ4n) is 1.80. The van der Waals surface area contributed by atoms with Crippen molar-refractivity contribution < 1.29 is 4.79 Å². The zero-order valence-corrected chi connectivity index (χ0v) is 13.9. The first-order valence-corrected chi connectivity index (χ1v) is 7.44. The summed E-state index contributed by atoms with van der Waals surface area (Å²) in [6.45, 7) is 8.77. The van der Waals surface area contributed by atoms with Crippen molar-refractivity contribution in [2.75, 3.05) is 6.54 Å². The first-order valence-electron chi connectivity index (χ1n) is 6.68. The molecule has 0 fully saturated rings. The van der Waals surface area contributed by atoms with E-state index in [1.54, 1.807) is 12.1 Å². The molecule has 0 aliphatic rings. The third-order valence-corrected chi connectivity index (χ3v) is 3.38. The molecule has 0 aromatic heterocycles. The van der Waals surface area contributed by atoms with Crippen molar-refractivity contribution in [3.63, 3.8) is 0 Å². The largest absolute Gasteiger partial charge is 0.349 e. The van der Waals surface area contributed by atoms with E-state index in [1.807, 2.05) is 13.0 Å². The molecule has 3 nitrogen and oxygen atoms in total. The van der Waals surface area contributed by atoms with Gasteiger partial charge in [0.15, 0.2) is 0 Å².